The molecule has 0 aliphatic heterocycles. The van der Waals surface area contributed by atoms with Crippen molar-refractivity contribution >= 4 is 55.0 Å². The van der Waals surface area contributed by atoms with Gasteiger partial charge in [-0.3, -0.25) is 0 Å². The molecule has 15 aromatic rings. The van der Waals surface area contributed by atoms with Crippen LogP contribution in [0.3, 0.4) is 0 Å². The summed E-state index contributed by atoms with van der Waals surface area (Å²) < 4.78 is 5.06. The van der Waals surface area contributed by atoms with E-state index >= 15 is 0 Å². The summed E-state index contributed by atoms with van der Waals surface area (Å²) in [4.78, 5) is 32.1. The molecule has 1 atom stereocenters. The number of benzene rings is 11. The number of anilines is 2. The average Bonchev–Trinajstić information content (AvgIpc) is 1.68. The van der Waals surface area contributed by atoms with Crippen molar-refractivity contribution in [2.75, 3.05) is 4.90 Å². The van der Waals surface area contributed by atoms with Crippen molar-refractivity contribution in [3.8, 4) is 90.6 Å². The van der Waals surface area contributed by atoms with E-state index in [-0.39, 0.29) is 12.0 Å². The Bertz CT molecular complexity index is 5110. The van der Waals surface area contributed by atoms with Crippen LogP contribution in [-0.4, -0.2) is 40.1 Å². The average molecular weight is 1210 g/mol. The normalized spacial score (nSPS) is 12.0. The number of aromatic nitrogens is 7. The van der Waals surface area contributed by atoms with Crippen LogP contribution >= 0.6 is 0 Å². The molecule has 0 bridgehead atoms. The highest BCUT2D eigenvalue weighted by Gasteiger charge is 2.39. The van der Waals surface area contributed by atoms with Gasteiger partial charge in [0.15, 0.2) is 23.3 Å². The van der Waals surface area contributed by atoms with Crippen LogP contribution in [-0.2, 0) is 6.42 Å². The van der Waals surface area contributed by atoms with Crippen LogP contribution in [0, 0.1) is 40.5 Å². The van der Waals surface area contributed by atoms with Crippen molar-refractivity contribution in [1.29, 1.82) is 0 Å². The Labute approximate surface area is 544 Å². The summed E-state index contributed by atoms with van der Waals surface area (Å²) in [5.74, 6) is 2.23. The Morgan fingerprint density at radius 3 is 1.08 bits per heavy atom. The summed E-state index contributed by atoms with van der Waals surface area (Å²) >= 11 is 0. The highest BCUT2D eigenvalue weighted by atomic mass is 15.2. The van der Waals surface area contributed by atoms with Gasteiger partial charge in [0.1, 0.15) is 0 Å². The molecule has 15 rings (SSSR count). The zero-order chi connectivity index (χ0) is 63.6. The summed E-state index contributed by atoms with van der Waals surface area (Å²) in [5.41, 5.74) is 23.8. The molecule has 0 N–H and O–H groups in total. The second-order valence-corrected chi connectivity index (χ2v) is 25.4. The molecule has 93 heavy (non-hydrogen) atoms. The summed E-state index contributed by atoms with van der Waals surface area (Å²) in [6.45, 7) is 20.4. The lowest BCUT2D eigenvalue weighted by Gasteiger charge is -2.40. The largest absolute Gasteiger partial charge is 0.337 e. The van der Waals surface area contributed by atoms with E-state index < -0.39 is 0 Å². The fourth-order valence-electron chi connectivity index (χ4n) is 13.8. The van der Waals surface area contributed by atoms with Crippen LogP contribution in [0.25, 0.3) is 134 Å². The van der Waals surface area contributed by atoms with Gasteiger partial charge in [-0.25, -0.2) is 24.9 Å². The van der Waals surface area contributed by atoms with Crippen LogP contribution < -0.4 is 4.90 Å². The van der Waals surface area contributed by atoms with E-state index in [0.29, 0.717) is 23.3 Å². The number of fused-ring (bicyclic) bond motifs is 6. The lowest BCUT2D eigenvalue weighted by molar-refractivity contribution is 0.518. The molecule has 0 amide bonds. The van der Waals surface area contributed by atoms with Gasteiger partial charge in [0.05, 0.1) is 61.6 Å². The highest BCUT2D eigenvalue weighted by molar-refractivity contribution is 6.17. The van der Waals surface area contributed by atoms with Crippen LogP contribution in [0.4, 0.5) is 11.4 Å². The molecular formula is C85H72N8. The van der Waals surface area contributed by atoms with Crippen molar-refractivity contribution in [1.82, 2.24) is 34.1 Å². The van der Waals surface area contributed by atoms with E-state index in [9.17, 15) is 0 Å². The monoisotopic (exact) mass is 1200 g/mol. The minimum Gasteiger partial charge on any atom is -0.337 e. The first-order chi connectivity index (χ1) is 45.4. The third-order valence-electron chi connectivity index (χ3n) is 18.6. The van der Waals surface area contributed by atoms with Crippen molar-refractivity contribution in [3.63, 3.8) is 0 Å². The predicted octanol–water partition coefficient (Wildman–Crippen LogP) is 21.8. The first-order valence-electron chi connectivity index (χ1n) is 32.5. The quantitative estimate of drug-likeness (QED) is 0.108. The summed E-state index contributed by atoms with van der Waals surface area (Å²) in [6, 6.07) is 89.6. The molecule has 4 heterocycles. The van der Waals surface area contributed by atoms with Crippen LogP contribution in [0.1, 0.15) is 61.1 Å². The minimum absolute atomic E-state index is 0.124. The Kier molecular flexibility index (Phi) is 15.0. The lowest BCUT2D eigenvalue weighted by Crippen LogP contribution is -2.35. The molecule has 0 aliphatic carbocycles. The molecule has 0 radical (unpaired) electrons. The van der Waals surface area contributed by atoms with Crippen molar-refractivity contribution in [2.45, 2.75) is 74.8 Å². The molecule has 0 saturated carbocycles. The Morgan fingerprint density at radius 1 is 0.333 bits per heavy atom. The number of rotatable bonds is 14. The van der Waals surface area contributed by atoms with E-state index in [1.54, 1.807) is 0 Å². The SMILES string of the molecule is CCc1cc(C)ccc1N(c1c(-c2ccccc2)c(-n2c3ccc(C)cc3c3cc(C)ccc32)c(-c2nc(-c3ccccc3)nc(-c3ccccc3)n2)c(-n2c3ccc(C)cc3c3cc(C)ccc32)c1-c1nc(-c2ccccc2)cc(-c2ccccc2)n1)C(C)C(C)C. The maximum atomic E-state index is 6.06. The fraction of sp³-hybridized carbons (Fsp3) is 0.141. The minimum atomic E-state index is -0.130. The van der Waals surface area contributed by atoms with E-state index in [2.05, 4.69) is 313 Å². The Hall–Kier alpha value is -11.1. The summed E-state index contributed by atoms with van der Waals surface area (Å²) in [7, 11) is 0. The molecule has 11 aromatic carbocycles. The van der Waals surface area contributed by atoms with Crippen LogP contribution in [0.2, 0.25) is 0 Å². The van der Waals surface area contributed by atoms with E-state index in [0.717, 1.165) is 140 Å². The molecule has 0 saturated heterocycles. The van der Waals surface area contributed by atoms with Crippen molar-refractivity contribution in [2.24, 2.45) is 5.92 Å². The van der Waals surface area contributed by atoms with Gasteiger partial charge in [-0.2, -0.15) is 0 Å². The van der Waals surface area contributed by atoms with Crippen LogP contribution in [0.15, 0.2) is 249 Å². The van der Waals surface area contributed by atoms with E-state index in [4.69, 9.17) is 24.9 Å². The predicted molar refractivity (Wildman–Crippen MR) is 388 cm³/mol. The zero-order valence-electron chi connectivity index (χ0n) is 54.1. The van der Waals surface area contributed by atoms with E-state index in [1.165, 1.54) is 22.3 Å². The van der Waals surface area contributed by atoms with Gasteiger partial charge in [0.2, 0.25) is 0 Å². The third-order valence-corrected chi connectivity index (χ3v) is 18.6. The standard InChI is InChI=1S/C85H72N8/c1-10-59-46-53(4)36-41-71(59)91(58(9)52(2)3)79-76(62-30-20-13-21-31-62)80(92-72-42-37-54(5)47-65(72)66-48-55(6)38-43-73(66)92)78(85-89-82(63-32-22-14-23-33-63)88-83(90-85)64-34-24-15-25-35-64)81(93-74-44-39-56(7)49-67(74)68-50-57(8)40-45-75(68)93)77(79)84-86-69(60-26-16-11-17-27-60)51-70(87-84)61-28-18-12-19-29-61/h11-52,58H,10H2,1-9H3. The molecule has 1 unspecified atom stereocenters. The molecule has 0 aliphatic rings. The number of hydrogen-bond donors (Lipinski definition) is 0. The lowest BCUT2D eigenvalue weighted by atomic mass is 9.87. The topological polar surface area (TPSA) is 77.5 Å². The van der Waals surface area contributed by atoms with Gasteiger partial charge in [-0.05, 0) is 126 Å². The second kappa shape index (κ2) is 23.9. The zero-order valence-corrected chi connectivity index (χ0v) is 54.1. The Morgan fingerprint density at radius 2 is 0.677 bits per heavy atom. The van der Waals surface area contributed by atoms with Gasteiger partial charge in [0.25, 0.3) is 0 Å². The highest BCUT2D eigenvalue weighted by Crippen LogP contribution is 2.57. The molecular weight excluding hydrogens is 1130 g/mol. The van der Waals surface area contributed by atoms with Gasteiger partial charge in [-0.15, -0.1) is 0 Å². The second-order valence-electron chi connectivity index (χ2n) is 25.4. The smallest absolute Gasteiger partial charge is 0.168 e. The summed E-state index contributed by atoms with van der Waals surface area (Å²) in [6.07, 6.45) is 0.789. The van der Waals surface area contributed by atoms with E-state index in [1.807, 2.05) is 12.1 Å². The van der Waals surface area contributed by atoms with Gasteiger partial charge < -0.3 is 14.0 Å². The molecule has 8 heteroatoms. The third kappa shape index (κ3) is 10.4. The first-order valence-corrected chi connectivity index (χ1v) is 32.5. The molecule has 0 fully saturated rings. The maximum absolute atomic E-state index is 6.06. The first kappa shape index (κ1) is 58.3. The molecule has 452 valence electrons. The number of hydrogen-bond acceptors (Lipinski definition) is 6. The number of nitrogens with zero attached hydrogens (tertiary/aromatic N) is 8. The van der Waals surface area contributed by atoms with Crippen LogP contribution in [0.5, 0.6) is 0 Å². The number of aryl methyl sites for hydroxylation is 6. The molecule has 8 nitrogen and oxygen atoms in total. The molecule has 4 aromatic heterocycles. The van der Waals surface area contributed by atoms with Gasteiger partial charge in [0, 0.05) is 61.1 Å². The van der Waals surface area contributed by atoms with Gasteiger partial charge in [-0.1, -0.05) is 237 Å². The van der Waals surface area contributed by atoms with Gasteiger partial charge >= 0.3 is 0 Å². The fourth-order valence-corrected chi connectivity index (χ4v) is 13.8. The molecule has 0 spiro atoms. The maximum Gasteiger partial charge on any atom is 0.168 e. The summed E-state index contributed by atoms with van der Waals surface area (Å²) in [5, 5.41) is 4.53. The Balaban J connectivity index is 1.32. The van der Waals surface area contributed by atoms with Crippen molar-refractivity contribution in [3.05, 3.63) is 282 Å². The van der Waals surface area contributed by atoms with Crippen molar-refractivity contribution < 1.29 is 0 Å².